The Bertz CT molecular complexity index is 5980. The molecular formula is C88H74BrCl3F6N20O8. The first-order chi connectivity index (χ1) is 59.8. The standard InChI is InChI=1S/C22H18BrF2N5O2.C22H18ClF2N5O2.2C22H19ClFN5O2/c2*1-30(2)20(26)12-3-6-15(17(25)9-12)21(31)28-18-7-5-14(24)10-16(18)22(32)29-19-8-4-13(23)11-27-19;1-29(2)20(25)13-3-5-14(6-4-13)21(30)27-18-9-8-16(24)11-17(18)22(31)28-19-10-7-15(23)12-26-19;1-29(2)20(25)13-7-9-15(17(24)11-13)21(30)27-18-6-4-3-5-16(18)22(31)28-19-10-8-14(23)12-26-19/h2*3-11,26H,1-2H3,(H,28,31)(H,27,29,32);2*3-12,25H,1-2H3,(H,27,30)(H,26,28,31). The summed E-state index contributed by atoms with van der Waals surface area (Å²) in [7, 11) is 13.4. The first-order valence-corrected chi connectivity index (χ1v) is 38.7. The number of nitrogens with zero attached hydrogens (tertiary/aromatic N) is 8. The SMILES string of the molecule is CN(C)C(=N)c1ccc(C(=O)Nc2ccc(F)cc2C(=O)Nc2ccc(Br)cn2)c(F)c1.CN(C)C(=N)c1ccc(C(=O)Nc2ccc(F)cc2C(=O)Nc2ccc(Cl)cn2)c(F)c1.CN(C)C(=N)c1ccc(C(=O)Nc2ccc(F)cc2C(=O)Nc2ccc(Cl)cn2)cc1.CN(C)C(=N)c1ccc(C(=O)Nc2ccccc2C(=O)Nc2ccc(Cl)cn2)c(F)c1. The van der Waals surface area contributed by atoms with Gasteiger partial charge in [-0.15, -0.1) is 0 Å². The lowest BCUT2D eigenvalue weighted by Gasteiger charge is -2.15. The van der Waals surface area contributed by atoms with E-state index in [1.807, 2.05) is 0 Å². The van der Waals surface area contributed by atoms with Crippen molar-refractivity contribution in [2.75, 3.05) is 98.9 Å². The van der Waals surface area contributed by atoms with E-state index in [0.717, 1.165) is 54.6 Å². The predicted molar refractivity (Wildman–Crippen MR) is 477 cm³/mol. The van der Waals surface area contributed by atoms with Crippen molar-refractivity contribution in [3.63, 3.8) is 0 Å². The van der Waals surface area contributed by atoms with Gasteiger partial charge in [0, 0.05) is 113 Å². The molecule has 0 radical (unpaired) electrons. The fourth-order valence-electron chi connectivity index (χ4n) is 10.9. The van der Waals surface area contributed by atoms with Crippen LogP contribution in [0.15, 0.2) is 236 Å². The molecule has 0 saturated carbocycles. The van der Waals surface area contributed by atoms with E-state index in [-0.39, 0.29) is 96.7 Å². The van der Waals surface area contributed by atoms with E-state index in [4.69, 9.17) is 56.4 Å². The molecule has 0 saturated heterocycles. The maximum absolute atomic E-state index is 14.5. The summed E-state index contributed by atoms with van der Waals surface area (Å²) in [5.74, 6) is -8.40. The van der Waals surface area contributed by atoms with Crippen LogP contribution in [0.25, 0.3) is 0 Å². The average molecular weight is 1840 g/mol. The minimum atomic E-state index is -0.843. The third kappa shape index (κ3) is 26.2. The van der Waals surface area contributed by atoms with Gasteiger partial charge in [0.2, 0.25) is 0 Å². The minimum absolute atomic E-state index is 0.00415. The largest absolute Gasteiger partial charge is 0.363 e. The van der Waals surface area contributed by atoms with Crippen molar-refractivity contribution in [1.29, 1.82) is 21.6 Å². The van der Waals surface area contributed by atoms with Crippen LogP contribution in [0.1, 0.15) is 105 Å². The highest BCUT2D eigenvalue weighted by Gasteiger charge is 2.25. The minimum Gasteiger partial charge on any atom is -0.363 e. The van der Waals surface area contributed by atoms with Crippen LogP contribution < -0.4 is 42.5 Å². The van der Waals surface area contributed by atoms with Gasteiger partial charge in [0.1, 0.15) is 81.5 Å². The van der Waals surface area contributed by atoms with Crippen molar-refractivity contribution in [2.24, 2.45) is 0 Å². The Balaban J connectivity index is 0.000000190. The van der Waals surface area contributed by atoms with Crippen molar-refractivity contribution >= 4 is 167 Å². The zero-order chi connectivity index (χ0) is 91.9. The number of carbonyl (C=O) groups excluding carboxylic acids is 8. The number of aromatic nitrogens is 4. The highest BCUT2D eigenvalue weighted by molar-refractivity contribution is 9.10. The van der Waals surface area contributed by atoms with Crippen LogP contribution in [0, 0.1) is 56.5 Å². The predicted octanol–water partition coefficient (Wildman–Crippen LogP) is 17.4. The summed E-state index contributed by atoms with van der Waals surface area (Å²) in [6.07, 6.45) is 5.57. The molecule has 4 aromatic heterocycles. The number of amidine groups is 4. The van der Waals surface area contributed by atoms with Gasteiger partial charge in [0.05, 0.1) is 76.8 Å². The molecule has 8 amide bonds. The number of halogens is 10. The smallest absolute Gasteiger partial charge is 0.259 e. The summed E-state index contributed by atoms with van der Waals surface area (Å²) in [6.45, 7) is 0. The second kappa shape index (κ2) is 43.6. The van der Waals surface area contributed by atoms with E-state index in [1.54, 1.807) is 128 Å². The van der Waals surface area contributed by atoms with E-state index in [2.05, 4.69) is 78.4 Å². The summed E-state index contributed by atoms with van der Waals surface area (Å²) >= 11 is 20.6. The quantitative estimate of drug-likeness (QED) is 0.0192. The van der Waals surface area contributed by atoms with Crippen molar-refractivity contribution in [3.8, 4) is 0 Å². The first kappa shape index (κ1) is 94.8. The summed E-state index contributed by atoms with van der Waals surface area (Å²) in [4.78, 5) is 123. The molecule has 8 aromatic carbocycles. The fraction of sp³-hybridized carbons (Fsp3) is 0.0909. The molecule has 0 atom stereocenters. The average Bonchev–Trinajstić information content (AvgIpc) is 0.825. The number of amides is 8. The topological polar surface area (TPSA) is 393 Å². The second-order valence-electron chi connectivity index (χ2n) is 27.3. The van der Waals surface area contributed by atoms with Gasteiger partial charge in [0.15, 0.2) is 0 Å². The Morgan fingerprint density at radius 1 is 0.278 bits per heavy atom. The molecule has 0 aliphatic rings. The van der Waals surface area contributed by atoms with Gasteiger partial charge in [-0.05, 0) is 180 Å². The van der Waals surface area contributed by atoms with Gasteiger partial charge in [-0.2, -0.15) is 0 Å². The number of carbonyl (C=O) groups is 8. The number of nitrogens with one attached hydrogen (secondary N) is 12. The summed E-state index contributed by atoms with van der Waals surface area (Å²) in [5, 5.41) is 53.1. The normalized spacial score (nSPS) is 10.4. The molecule has 12 rings (SSSR count). The molecule has 0 bridgehead atoms. The Hall–Kier alpha value is -15.1. The number of benzene rings is 8. The van der Waals surface area contributed by atoms with Crippen LogP contribution in [0.4, 0.5) is 72.4 Å². The van der Waals surface area contributed by atoms with Crippen LogP contribution >= 0.6 is 50.7 Å². The van der Waals surface area contributed by atoms with Crippen molar-refractivity contribution in [3.05, 3.63) is 352 Å². The van der Waals surface area contributed by atoms with E-state index in [0.29, 0.717) is 59.0 Å². The summed E-state index contributed by atoms with van der Waals surface area (Å²) in [6, 6.07) is 46.5. The van der Waals surface area contributed by atoms with Gasteiger partial charge < -0.3 is 62.1 Å². The van der Waals surface area contributed by atoms with E-state index in [9.17, 15) is 64.7 Å². The Morgan fingerprint density at radius 3 is 0.833 bits per heavy atom. The third-order valence-electron chi connectivity index (χ3n) is 17.4. The molecule has 38 heteroatoms. The number of hydrogen-bond acceptors (Lipinski definition) is 16. The molecule has 12 aromatic rings. The van der Waals surface area contributed by atoms with Gasteiger partial charge in [-0.1, -0.05) is 77.3 Å². The maximum Gasteiger partial charge on any atom is 0.259 e. The molecule has 0 unspecified atom stereocenters. The molecular weight excluding hydrogens is 1770 g/mol. The lowest BCUT2D eigenvalue weighted by Crippen LogP contribution is -2.23. The fourth-order valence-corrected chi connectivity index (χ4v) is 11.4. The second-order valence-corrected chi connectivity index (χ2v) is 29.6. The van der Waals surface area contributed by atoms with E-state index in [1.165, 1.54) is 124 Å². The van der Waals surface area contributed by atoms with Gasteiger partial charge >= 0.3 is 0 Å². The van der Waals surface area contributed by atoms with E-state index < -0.39 is 82.2 Å². The van der Waals surface area contributed by atoms with Crippen molar-refractivity contribution in [2.45, 2.75) is 0 Å². The molecule has 0 fully saturated rings. The van der Waals surface area contributed by atoms with Gasteiger partial charge in [-0.25, -0.2) is 46.3 Å². The molecule has 0 aliphatic carbocycles. The molecule has 0 spiro atoms. The summed E-state index contributed by atoms with van der Waals surface area (Å²) in [5.41, 5.74) is 1.24. The molecule has 644 valence electrons. The van der Waals surface area contributed by atoms with Crippen LogP contribution in [0.2, 0.25) is 15.1 Å². The molecule has 4 heterocycles. The number of anilines is 8. The number of pyridine rings is 4. The Labute approximate surface area is 739 Å². The molecule has 0 aliphatic heterocycles. The highest BCUT2D eigenvalue weighted by atomic mass is 79.9. The number of hydrogen-bond donors (Lipinski definition) is 12. The van der Waals surface area contributed by atoms with Crippen LogP contribution in [0.3, 0.4) is 0 Å². The first-order valence-electron chi connectivity index (χ1n) is 36.8. The summed E-state index contributed by atoms with van der Waals surface area (Å²) < 4.78 is 85.7. The zero-order valence-electron chi connectivity index (χ0n) is 67.6. The van der Waals surface area contributed by atoms with Crippen LogP contribution in [-0.4, -0.2) is 167 Å². The Kier molecular flexibility index (Phi) is 32.8. The third-order valence-corrected chi connectivity index (χ3v) is 18.5. The zero-order valence-corrected chi connectivity index (χ0v) is 71.4. The van der Waals surface area contributed by atoms with Gasteiger partial charge in [0.25, 0.3) is 47.3 Å². The monoisotopic (exact) mass is 1840 g/mol. The lowest BCUT2D eigenvalue weighted by molar-refractivity contribution is 0.100. The van der Waals surface area contributed by atoms with Gasteiger partial charge in [-0.3, -0.25) is 60.0 Å². The van der Waals surface area contributed by atoms with E-state index >= 15 is 0 Å². The van der Waals surface area contributed by atoms with Crippen molar-refractivity contribution in [1.82, 2.24) is 39.5 Å². The molecule has 28 nitrogen and oxygen atoms in total. The van der Waals surface area contributed by atoms with Crippen molar-refractivity contribution < 1.29 is 64.7 Å². The van der Waals surface area contributed by atoms with Crippen LogP contribution in [0.5, 0.6) is 0 Å². The Morgan fingerprint density at radius 2 is 0.540 bits per heavy atom. The molecule has 126 heavy (non-hydrogen) atoms. The molecule has 12 N–H and O–H groups in total. The lowest BCUT2D eigenvalue weighted by atomic mass is 10.1. The van der Waals surface area contributed by atoms with Crippen LogP contribution in [-0.2, 0) is 0 Å². The highest BCUT2D eigenvalue weighted by Crippen LogP contribution is 2.28. The maximum atomic E-state index is 14.5. The number of rotatable bonds is 20. The number of para-hydroxylation sites is 1.